The predicted octanol–water partition coefficient (Wildman–Crippen LogP) is -0.0472. The standard InChI is InChI=1S/2CHO.CO.2CH3.Mo/c3*1-2;;;/h2*1H;;2*1H3;/q5*-1;. The first-order chi connectivity index (χ1) is 3.00. The first kappa shape index (κ1) is 70.8. The van der Waals surface area contributed by atoms with Crippen molar-refractivity contribution >= 4 is 20.4 Å². The summed E-state index contributed by atoms with van der Waals surface area (Å²) >= 11 is 0. The molecule has 0 rings (SSSR count). The van der Waals surface area contributed by atoms with Crippen LogP contribution in [0.5, 0.6) is 0 Å². The van der Waals surface area contributed by atoms with Crippen molar-refractivity contribution in [3.8, 4) is 0 Å². The number of hydrogen-bond acceptors (Lipinski definition) is 3. The first-order valence-corrected chi connectivity index (χ1v) is 0.676. The summed E-state index contributed by atoms with van der Waals surface area (Å²) < 4.78 is 0. The van der Waals surface area contributed by atoms with Crippen LogP contribution < -0.4 is 0 Å². The molecule has 0 aromatic rings. The molecule has 0 N–H and O–H groups in total. The minimum absolute atomic E-state index is 0. The van der Waals surface area contributed by atoms with E-state index in [9.17, 15) is 0 Å². The fourth-order valence-corrected chi connectivity index (χ4v) is 0. The Balaban J connectivity index is -0.00000000321. The molecule has 0 fully saturated rings. The van der Waals surface area contributed by atoms with Crippen molar-refractivity contribution in [2.75, 3.05) is 0 Å². The second-order valence-corrected chi connectivity index (χ2v) is 0. The molecule has 4 heteroatoms. The summed E-state index contributed by atoms with van der Waals surface area (Å²) in [5.41, 5.74) is 0. The Bertz CT molecular complexity index is 16.9. The molecule has 0 aliphatic heterocycles. The van der Waals surface area contributed by atoms with Gasteiger partial charge in [0.15, 0.2) is 0 Å². The summed E-state index contributed by atoms with van der Waals surface area (Å²) in [6, 6.07) is 0. The van der Waals surface area contributed by atoms with Gasteiger partial charge < -0.3 is 36.0 Å². The molecule has 0 aliphatic rings. The molecule has 9 heavy (non-hydrogen) atoms. The first-order valence-electron chi connectivity index (χ1n) is 0.676. The third-order valence-electron chi connectivity index (χ3n) is 0. The molecule has 0 saturated carbocycles. The van der Waals surface area contributed by atoms with Crippen LogP contribution in [0, 0.1) is 14.9 Å². The second-order valence-electron chi connectivity index (χ2n) is 0. The number of hydrogen-bond donors (Lipinski definition) is 0. The SMILES string of the molecule is [C-]=O.[CH-]=O.[CH-]=O.[CH3-].[CH3-].[Mo]. The van der Waals surface area contributed by atoms with Gasteiger partial charge in [-0.15, -0.1) is 0 Å². The quantitative estimate of drug-likeness (QED) is 0.321. The number of carbonyl (C=O) groups excluding carboxylic acids is 3. The third-order valence-corrected chi connectivity index (χ3v) is 0. The summed E-state index contributed by atoms with van der Waals surface area (Å²) in [6.45, 7) is 11.0. The molecule has 0 amide bonds. The molecular weight excluding hydrogens is 204 g/mol. The molecule has 0 bridgehead atoms. The van der Waals surface area contributed by atoms with Gasteiger partial charge in [-0.3, -0.25) is 13.6 Å². The minimum Gasteiger partial charge on any atom is -0.573 e. The summed E-state index contributed by atoms with van der Waals surface area (Å²) in [5.74, 6) is 0. The molecule has 0 atom stereocenters. The average molecular weight is 212 g/mol. The molecule has 3 nitrogen and oxygen atoms in total. The van der Waals surface area contributed by atoms with E-state index in [1.165, 1.54) is 0 Å². The summed E-state index contributed by atoms with van der Waals surface area (Å²) in [5, 5.41) is 0. The maximum absolute atomic E-state index is 7.75. The Labute approximate surface area is 71.1 Å². The zero-order valence-electron chi connectivity index (χ0n) is 5.29. The minimum atomic E-state index is 0. The molecule has 0 aliphatic carbocycles. The fraction of sp³-hybridized carbons (Fsp3) is 0. The maximum Gasteiger partial charge on any atom is 0 e. The molecule has 0 unspecified atom stereocenters. The van der Waals surface area contributed by atoms with E-state index in [1.807, 2.05) is 0 Å². The van der Waals surface area contributed by atoms with E-state index in [1.54, 1.807) is 0 Å². The molecule has 1 radical (unpaired) electrons. The van der Waals surface area contributed by atoms with Crippen molar-refractivity contribution in [3.05, 3.63) is 14.9 Å². The van der Waals surface area contributed by atoms with Crippen LogP contribution in [0.3, 0.4) is 0 Å². The second kappa shape index (κ2) is 3790. The molecule has 57 valence electrons. The van der Waals surface area contributed by atoms with Crippen molar-refractivity contribution in [2.24, 2.45) is 0 Å². The largest absolute Gasteiger partial charge is 0.573 e. The van der Waals surface area contributed by atoms with E-state index in [4.69, 9.17) is 14.4 Å². The van der Waals surface area contributed by atoms with Gasteiger partial charge in [0, 0.05) is 21.1 Å². The molecule has 0 saturated heterocycles. The van der Waals surface area contributed by atoms with E-state index in [-0.39, 0.29) is 35.9 Å². The normalized spacial score (nSPS) is 1.33. The van der Waals surface area contributed by atoms with Crippen LogP contribution in [-0.2, 0) is 35.4 Å². The van der Waals surface area contributed by atoms with Crippen LogP contribution in [-0.4, -0.2) is 20.4 Å². The Morgan fingerprint density at radius 1 is 0.778 bits per heavy atom. The van der Waals surface area contributed by atoms with Gasteiger partial charge in [0.05, 0.1) is 0 Å². The van der Waals surface area contributed by atoms with Crippen molar-refractivity contribution < 1.29 is 35.4 Å². The smallest absolute Gasteiger partial charge is 0 e. The predicted molar refractivity (Wildman–Crippen MR) is 32.0 cm³/mol. The Morgan fingerprint density at radius 3 is 0.778 bits per heavy atom. The molecule has 0 spiro atoms. The van der Waals surface area contributed by atoms with Gasteiger partial charge in [-0.05, 0) is 0 Å². The van der Waals surface area contributed by atoms with Gasteiger partial charge in [0.25, 0.3) is 0 Å². The maximum atomic E-state index is 7.75. The monoisotopic (exact) mass is 214 g/mol. The van der Waals surface area contributed by atoms with Gasteiger partial charge >= 0.3 is 0 Å². The van der Waals surface area contributed by atoms with Crippen molar-refractivity contribution in [3.63, 3.8) is 0 Å². The Morgan fingerprint density at radius 2 is 0.778 bits per heavy atom. The molecule has 0 aromatic heterocycles. The molecular formula is C5H8MoO3-5. The van der Waals surface area contributed by atoms with Gasteiger partial charge in [-0.25, -0.2) is 0 Å². The van der Waals surface area contributed by atoms with Crippen molar-refractivity contribution in [1.29, 1.82) is 0 Å². The number of rotatable bonds is 0. The van der Waals surface area contributed by atoms with E-state index in [2.05, 4.69) is 20.4 Å². The van der Waals surface area contributed by atoms with Crippen LogP contribution >= 0.6 is 0 Å². The van der Waals surface area contributed by atoms with E-state index in [0.29, 0.717) is 0 Å². The zero-order valence-corrected chi connectivity index (χ0v) is 7.29. The van der Waals surface area contributed by atoms with E-state index in [0.717, 1.165) is 0 Å². The fourth-order valence-electron chi connectivity index (χ4n) is 0. The topological polar surface area (TPSA) is 51.2 Å². The van der Waals surface area contributed by atoms with Crippen LogP contribution in [0.1, 0.15) is 0 Å². The van der Waals surface area contributed by atoms with Gasteiger partial charge in [-0.2, -0.15) is 0 Å². The molecule has 0 aromatic carbocycles. The summed E-state index contributed by atoms with van der Waals surface area (Å²) in [4.78, 5) is 23.0. The summed E-state index contributed by atoms with van der Waals surface area (Å²) in [6.07, 6.45) is 0. The Hall–Kier alpha value is -0.302. The average Bonchev–Trinajstić information content (AvgIpc) is 1.81. The van der Waals surface area contributed by atoms with Gasteiger partial charge in [0.1, 0.15) is 0 Å². The zero-order chi connectivity index (χ0) is 6.00. The van der Waals surface area contributed by atoms with Crippen LogP contribution in [0.4, 0.5) is 0 Å². The van der Waals surface area contributed by atoms with Crippen molar-refractivity contribution in [1.82, 2.24) is 0 Å². The van der Waals surface area contributed by atoms with Gasteiger partial charge in [-0.1, -0.05) is 0 Å². The summed E-state index contributed by atoms with van der Waals surface area (Å²) in [7, 11) is 0. The van der Waals surface area contributed by atoms with Gasteiger partial charge in [0.2, 0.25) is 0 Å². The third kappa shape index (κ3) is 2750. The van der Waals surface area contributed by atoms with Crippen LogP contribution in [0.15, 0.2) is 0 Å². The van der Waals surface area contributed by atoms with Crippen LogP contribution in [0.25, 0.3) is 0 Å². The van der Waals surface area contributed by atoms with Crippen molar-refractivity contribution in [2.45, 2.75) is 0 Å². The van der Waals surface area contributed by atoms with E-state index < -0.39 is 0 Å². The Kier molecular flexibility index (Phi) is 29900. The molecule has 0 heterocycles. The van der Waals surface area contributed by atoms with E-state index >= 15 is 0 Å². The van der Waals surface area contributed by atoms with Crippen LogP contribution in [0.2, 0.25) is 0 Å².